The molecule has 4 nitrogen and oxygen atoms in total. The number of benzene rings is 1. The van der Waals surface area contributed by atoms with E-state index in [-0.39, 0.29) is 0 Å². The van der Waals surface area contributed by atoms with E-state index in [9.17, 15) is 8.42 Å². The summed E-state index contributed by atoms with van der Waals surface area (Å²) >= 11 is 0. The van der Waals surface area contributed by atoms with E-state index in [0.717, 1.165) is 18.7 Å². The maximum atomic E-state index is 12.0. The van der Waals surface area contributed by atoms with E-state index in [1.807, 2.05) is 6.92 Å². The summed E-state index contributed by atoms with van der Waals surface area (Å²) < 4.78 is 26.5. The Labute approximate surface area is 110 Å². The predicted octanol–water partition coefficient (Wildman–Crippen LogP) is 2.44. The fourth-order valence-corrected chi connectivity index (χ4v) is 2.57. The van der Waals surface area contributed by atoms with Gasteiger partial charge in [0.25, 0.3) is 0 Å². The zero-order chi connectivity index (χ0) is 13.6. The minimum absolute atomic E-state index is 0.313. The summed E-state index contributed by atoms with van der Waals surface area (Å²) in [4.78, 5) is 0.313. The lowest BCUT2D eigenvalue weighted by Crippen LogP contribution is -2.25. The molecule has 0 saturated carbocycles. The van der Waals surface area contributed by atoms with Gasteiger partial charge in [0.15, 0.2) is 0 Å². The molecule has 0 aliphatic carbocycles. The Balaban J connectivity index is 2.67. The standard InChI is InChI=1S/C13H22N2O2S/c1-4-14-12-5-7-13(8-6-12)18(16,17)15-10-9-11(2)3/h5-8,11,14-15H,4,9-10H2,1-3H3. The molecule has 1 aromatic rings. The highest BCUT2D eigenvalue weighted by molar-refractivity contribution is 7.89. The van der Waals surface area contributed by atoms with Crippen LogP contribution in [0.15, 0.2) is 29.2 Å². The average molecular weight is 270 g/mol. The van der Waals surface area contributed by atoms with Gasteiger partial charge in [0.1, 0.15) is 0 Å². The second kappa shape index (κ2) is 6.75. The van der Waals surface area contributed by atoms with Crippen molar-refractivity contribution in [2.45, 2.75) is 32.1 Å². The van der Waals surface area contributed by atoms with Crippen molar-refractivity contribution in [3.8, 4) is 0 Å². The van der Waals surface area contributed by atoms with Crippen LogP contribution in [0.2, 0.25) is 0 Å². The molecule has 0 fully saturated rings. The topological polar surface area (TPSA) is 58.2 Å². The van der Waals surface area contributed by atoms with Crippen molar-refractivity contribution in [1.29, 1.82) is 0 Å². The molecule has 102 valence electrons. The zero-order valence-corrected chi connectivity index (χ0v) is 12.0. The number of rotatable bonds is 7. The van der Waals surface area contributed by atoms with Gasteiger partial charge in [0, 0.05) is 18.8 Å². The summed E-state index contributed by atoms with van der Waals surface area (Å²) in [5.41, 5.74) is 0.929. The van der Waals surface area contributed by atoms with Crippen molar-refractivity contribution in [3.05, 3.63) is 24.3 Å². The van der Waals surface area contributed by atoms with E-state index in [2.05, 4.69) is 23.9 Å². The smallest absolute Gasteiger partial charge is 0.240 e. The molecule has 0 aromatic heterocycles. The molecule has 0 unspecified atom stereocenters. The molecule has 0 aliphatic heterocycles. The molecule has 0 heterocycles. The lowest BCUT2D eigenvalue weighted by Gasteiger charge is -2.09. The van der Waals surface area contributed by atoms with Gasteiger partial charge in [-0.2, -0.15) is 0 Å². The molecule has 18 heavy (non-hydrogen) atoms. The number of nitrogens with one attached hydrogen (secondary N) is 2. The highest BCUT2D eigenvalue weighted by Crippen LogP contribution is 2.13. The Hall–Kier alpha value is -1.07. The van der Waals surface area contributed by atoms with Crippen molar-refractivity contribution in [1.82, 2.24) is 4.72 Å². The van der Waals surface area contributed by atoms with Gasteiger partial charge in [0.05, 0.1) is 4.90 Å². The van der Waals surface area contributed by atoms with Crippen LogP contribution >= 0.6 is 0 Å². The Kier molecular flexibility index (Phi) is 5.62. The first kappa shape index (κ1) is 15.0. The molecule has 5 heteroatoms. The molecular weight excluding hydrogens is 248 g/mol. The number of hydrogen-bond acceptors (Lipinski definition) is 3. The van der Waals surface area contributed by atoms with Gasteiger partial charge in [0.2, 0.25) is 10.0 Å². The van der Waals surface area contributed by atoms with Gasteiger partial charge in [-0.05, 0) is 43.5 Å². The molecule has 0 atom stereocenters. The second-order valence-electron chi connectivity index (χ2n) is 4.64. The quantitative estimate of drug-likeness (QED) is 0.800. The molecule has 1 rings (SSSR count). The molecule has 0 radical (unpaired) electrons. The van der Waals surface area contributed by atoms with Crippen LogP contribution < -0.4 is 10.0 Å². The van der Waals surface area contributed by atoms with Crippen molar-refractivity contribution < 1.29 is 8.42 Å². The van der Waals surface area contributed by atoms with Crippen LogP contribution in [0.1, 0.15) is 27.2 Å². The lowest BCUT2D eigenvalue weighted by atomic mass is 10.1. The van der Waals surface area contributed by atoms with Crippen LogP contribution in [0.25, 0.3) is 0 Å². The third-order valence-corrected chi connectivity index (χ3v) is 4.04. The van der Waals surface area contributed by atoms with Crippen LogP contribution in [0.3, 0.4) is 0 Å². The first-order valence-electron chi connectivity index (χ1n) is 6.29. The maximum absolute atomic E-state index is 12.0. The first-order valence-corrected chi connectivity index (χ1v) is 7.77. The van der Waals surface area contributed by atoms with Crippen LogP contribution in [-0.2, 0) is 10.0 Å². The highest BCUT2D eigenvalue weighted by Gasteiger charge is 2.13. The van der Waals surface area contributed by atoms with Crippen LogP contribution in [-0.4, -0.2) is 21.5 Å². The van der Waals surface area contributed by atoms with E-state index >= 15 is 0 Å². The van der Waals surface area contributed by atoms with Crippen LogP contribution in [0.5, 0.6) is 0 Å². The number of sulfonamides is 1. The molecule has 0 amide bonds. The Bertz CT molecular complexity index is 452. The Morgan fingerprint density at radius 1 is 1.17 bits per heavy atom. The van der Waals surface area contributed by atoms with E-state index in [1.165, 1.54) is 0 Å². The Morgan fingerprint density at radius 3 is 2.28 bits per heavy atom. The fraction of sp³-hybridized carbons (Fsp3) is 0.538. The monoisotopic (exact) mass is 270 g/mol. The van der Waals surface area contributed by atoms with E-state index in [1.54, 1.807) is 24.3 Å². The third-order valence-electron chi connectivity index (χ3n) is 2.56. The summed E-state index contributed by atoms with van der Waals surface area (Å²) in [5.74, 6) is 0.490. The van der Waals surface area contributed by atoms with Crippen LogP contribution in [0, 0.1) is 5.92 Å². The molecule has 0 spiro atoms. The minimum Gasteiger partial charge on any atom is -0.385 e. The van der Waals surface area contributed by atoms with Crippen molar-refractivity contribution in [2.24, 2.45) is 5.92 Å². The molecule has 1 aromatic carbocycles. The zero-order valence-electron chi connectivity index (χ0n) is 11.2. The van der Waals surface area contributed by atoms with Gasteiger partial charge >= 0.3 is 0 Å². The Morgan fingerprint density at radius 2 is 1.78 bits per heavy atom. The summed E-state index contributed by atoms with van der Waals surface area (Å²) in [6.07, 6.45) is 0.842. The predicted molar refractivity (Wildman–Crippen MR) is 75.2 cm³/mol. The molecule has 0 bridgehead atoms. The summed E-state index contributed by atoms with van der Waals surface area (Å²) in [6, 6.07) is 6.80. The lowest BCUT2D eigenvalue weighted by molar-refractivity contribution is 0.551. The average Bonchev–Trinajstić information content (AvgIpc) is 2.29. The largest absolute Gasteiger partial charge is 0.385 e. The van der Waals surface area contributed by atoms with Gasteiger partial charge in [-0.25, -0.2) is 13.1 Å². The maximum Gasteiger partial charge on any atom is 0.240 e. The molecular formula is C13H22N2O2S. The van der Waals surface area contributed by atoms with E-state index in [0.29, 0.717) is 17.4 Å². The summed E-state index contributed by atoms with van der Waals surface area (Å²) in [6.45, 7) is 7.44. The molecule has 0 saturated heterocycles. The van der Waals surface area contributed by atoms with Gasteiger partial charge in [-0.15, -0.1) is 0 Å². The third kappa shape index (κ3) is 4.66. The summed E-state index contributed by atoms with van der Waals surface area (Å²) in [5, 5.41) is 3.13. The first-order chi connectivity index (χ1) is 8.45. The van der Waals surface area contributed by atoms with Crippen molar-refractivity contribution >= 4 is 15.7 Å². The minimum atomic E-state index is -3.37. The number of anilines is 1. The fourth-order valence-electron chi connectivity index (χ4n) is 1.52. The van der Waals surface area contributed by atoms with Gasteiger partial charge in [-0.1, -0.05) is 13.8 Å². The number of hydrogen-bond donors (Lipinski definition) is 2. The van der Waals surface area contributed by atoms with E-state index < -0.39 is 10.0 Å². The van der Waals surface area contributed by atoms with Crippen LogP contribution in [0.4, 0.5) is 5.69 Å². The van der Waals surface area contributed by atoms with E-state index in [4.69, 9.17) is 0 Å². The highest BCUT2D eigenvalue weighted by atomic mass is 32.2. The van der Waals surface area contributed by atoms with Crippen molar-refractivity contribution in [2.75, 3.05) is 18.4 Å². The van der Waals surface area contributed by atoms with Gasteiger partial charge < -0.3 is 5.32 Å². The van der Waals surface area contributed by atoms with Gasteiger partial charge in [-0.3, -0.25) is 0 Å². The normalized spacial score (nSPS) is 11.8. The second-order valence-corrected chi connectivity index (χ2v) is 6.40. The van der Waals surface area contributed by atoms with Crippen molar-refractivity contribution in [3.63, 3.8) is 0 Å². The molecule has 2 N–H and O–H groups in total. The molecule has 0 aliphatic rings. The SMILES string of the molecule is CCNc1ccc(S(=O)(=O)NCCC(C)C)cc1. The summed E-state index contributed by atoms with van der Waals surface area (Å²) in [7, 11) is -3.37.